The maximum absolute atomic E-state index is 5.94. The van der Waals surface area contributed by atoms with E-state index in [-0.39, 0.29) is 5.60 Å². The Balaban J connectivity index is 2.37. The minimum Gasteiger partial charge on any atom is -0.366 e. The highest BCUT2D eigenvalue weighted by Crippen LogP contribution is 2.46. The Labute approximate surface area is 107 Å². The SMILES string of the molecule is C/C=C\C=C\[C@@H](C)CC1(C)O[C@@H]1[C@H](C)CCC. The summed E-state index contributed by atoms with van der Waals surface area (Å²) in [7, 11) is 0. The maximum atomic E-state index is 5.94. The highest BCUT2D eigenvalue weighted by atomic mass is 16.6. The van der Waals surface area contributed by atoms with Crippen LogP contribution in [0.4, 0.5) is 0 Å². The molecule has 1 fully saturated rings. The van der Waals surface area contributed by atoms with Crippen molar-refractivity contribution in [3.63, 3.8) is 0 Å². The van der Waals surface area contributed by atoms with Gasteiger partial charge in [-0.15, -0.1) is 0 Å². The fraction of sp³-hybridized carbons (Fsp3) is 0.750. The number of hydrogen-bond donors (Lipinski definition) is 0. The molecule has 1 heteroatoms. The third kappa shape index (κ3) is 4.31. The molecule has 0 aromatic carbocycles. The van der Waals surface area contributed by atoms with Crippen LogP contribution >= 0.6 is 0 Å². The molecule has 0 saturated carbocycles. The average Bonchev–Trinajstić information content (AvgIpc) is 2.91. The fourth-order valence-corrected chi connectivity index (χ4v) is 2.82. The van der Waals surface area contributed by atoms with Crippen LogP contribution in [-0.4, -0.2) is 11.7 Å². The van der Waals surface area contributed by atoms with E-state index in [0.29, 0.717) is 17.9 Å². The summed E-state index contributed by atoms with van der Waals surface area (Å²) < 4.78 is 5.94. The topological polar surface area (TPSA) is 12.5 Å². The second-order valence-corrected chi connectivity index (χ2v) is 5.71. The normalized spacial score (nSPS) is 32.2. The van der Waals surface area contributed by atoms with Crippen molar-refractivity contribution >= 4 is 0 Å². The van der Waals surface area contributed by atoms with Gasteiger partial charge in [0.05, 0.1) is 11.7 Å². The lowest BCUT2D eigenvalue weighted by Gasteiger charge is -2.13. The smallest absolute Gasteiger partial charge is 0.0928 e. The van der Waals surface area contributed by atoms with Gasteiger partial charge in [-0.05, 0) is 38.5 Å². The maximum Gasteiger partial charge on any atom is 0.0928 e. The van der Waals surface area contributed by atoms with E-state index >= 15 is 0 Å². The van der Waals surface area contributed by atoms with Crippen LogP contribution in [0.2, 0.25) is 0 Å². The van der Waals surface area contributed by atoms with Gasteiger partial charge in [-0.3, -0.25) is 0 Å². The molecule has 0 aromatic heterocycles. The molecule has 1 nitrogen and oxygen atoms in total. The first-order valence-corrected chi connectivity index (χ1v) is 7.00. The van der Waals surface area contributed by atoms with Gasteiger partial charge in [0.2, 0.25) is 0 Å². The van der Waals surface area contributed by atoms with Gasteiger partial charge in [0, 0.05) is 0 Å². The number of epoxide rings is 1. The van der Waals surface area contributed by atoms with Crippen LogP contribution in [0, 0.1) is 11.8 Å². The van der Waals surface area contributed by atoms with E-state index in [1.807, 2.05) is 6.92 Å². The van der Waals surface area contributed by atoms with Gasteiger partial charge in [0.1, 0.15) is 0 Å². The van der Waals surface area contributed by atoms with Crippen molar-refractivity contribution in [1.82, 2.24) is 0 Å². The Bertz CT molecular complexity index is 279. The summed E-state index contributed by atoms with van der Waals surface area (Å²) >= 11 is 0. The van der Waals surface area contributed by atoms with E-state index in [0.717, 1.165) is 6.42 Å². The van der Waals surface area contributed by atoms with E-state index < -0.39 is 0 Å². The third-order valence-corrected chi connectivity index (χ3v) is 3.67. The fourth-order valence-electron chi connectivity index (χ4n) is 2.82. The van der Waals surface area contributed by atoms with Crippen molar-refractivity contribution in [2.75, 3.05) is 0 Å². The highest BCUT2D eigenvalue weighted by Gasteiger charge is 2.54. The monoisotopic (exact) mass is 236 g/mol. The molecule has 0 spiro atoms. The quantitative estimate of drug-likeness (QED) is 0.459. The molecule has 17 heavy (non-hydrogen) atoms. The first-order chi connectivity index (χ1) is 8.03. The van der Waals surface area contributed by atoms with Crippen LogP contribution in [0.25, 0.3) is 0 Å². The molecule has 1 aliphatic rings. The minimum atomic E-state index is 0.133. The predicted molar refractivity (Wildman–Crippen MR) is 75.1 cm³/mol. The second kappa shape index (κ2) is 6.39. The van der Waals surface area contributed by atoms with Crippen molar-refractivity contribution in [3.8, 4) is 0 Å². The summed E-state index contributed by atoms with van der Waals surface area (Å²) in [5.41, 5.74) is 0.133. The molecule has 1 heterocycles. The van der Waals surface area contributed by atoms with Crippen LogP contribution in [0.1, 0.15) is 53.9 Å². The molecule has 98 valence electrons. The van der Waals surface area contributed by atoms with E-state index in [2.05, 4.69) is 52.0 Å². The number of hydrogen-bond acceptors (Lipinski definition) is 1. The number of rotatable bonds is 7. The molecule has 1 unspecified atom stereocenters. The van der Waals surface area contributed by atoms with Crippen molar-refractivity contribution < 1.29 is 4.74 Å². The zero-order valence-corrected chi connectivity index (χ0v) is 12.1. The van der Waals surface area contributed by atoms with E-state index in [4.69, 9.17) is 4.74 Å². The standard InChI is InChI=1S/C16H28O/c1-6-8-9-11-13(3)12-16(5)15(17-16)14(4)10-7-2/h6,8-9,11,13-15H,7,10,12H2,1-5H3/b8-6-,11-9+/t13-,14-,15-,16?/m1/s1. The molecule has 1 rings (SSSR count). The Kier molecular flexibility index (Phi) is 5.45. The number of allylic oxidation sites excluding steroid dienone is 4. The summed E-state index contributed by atoms with van der Waals surface area (Å²) in [6.07, 6.45) is 12.7. The summed E-state index contributed by atoms with van der Waals surface area (Å²) in [4.78, 5) is 0. The molecule has 0 amide bonds. The molecule has 4 atom stereocenters. The van der Waals surface area contributed by atoms with Gasteiger partial charge in [-0.2, -0.15) is 0 Å². The molecule has 0 aromatic rings. The van der Waals surface area contributed by atoms with Gasteiger partial charge < -0.3 is 4.74 Å². The number of ether oxygens (including phenoxy) is 1. The van der Waals surface area contributed by atoms with Crippen molar-refractivity contribution in [3.05, 3.63) is 24.3 Å². The summed E-state index contributed by atoms with van der Waals surface area (Å²) in [6, 6.07) is 0. The van der Waals surface area contributed by atoms with Crippen molar-refractivity contribution in [2.45, 2.75) is 65.6 Å². The lowest BCUT2D eigenvalue weighted by molar-refractivity contribution is 0.267. The molecule has 0 N–H and O–H groups in total. The van der Waals surface area contributed by atoms with E-state index in [1.165, 1.54) is 12.8 Å². The van der Waals surface area contributed by atoms with Crippen molar-refractivity contribution in [1.29, 1.82) is 0 Å². The van der Waals surface area contributed by atoms with Gasteiger partial charge in [-0.1, -0.05) is 51.5 Å². The molecule has 1 saturated heterocycles. The zero-order valence-electron chi connectivity index (χ0n) is 12.1. The Hall–Kier alpha value is -0.560. The van der Waals surface area contributed by atoms with Gasteiger partial charge >= 0.3 is 0 Å². The molecular weight excluding hydrogens is 208 g/mol. The third-order valence-electron chi connectivity index (χ3n) is 3.67. The van der Waals surface area contributed by atoms with Crippen LogP contribution in [0.3, 0.4) is 0 Å². The van der Waals surface area contributed by atoms with E-state index in [1.54, 1.807) is 0 Å². The van der Waals surface area contributed by atoms with Crippen LogP contribution in [0.15, 0.2) is 24.3 Å². The highest BCUT2D eigenvalue weighted by molar-refractivity contribution is 5.07. The van der Waals surface area contributed by atoms with Crippen LogP contribution < -0.4 is 0 Å². The van der Waals surface area contributed by atoms with Crippen molar-refractivity contribution in [2.24, 2.45) is 11.8 Å². The van der Waals surface area contributed by atoms with Crippen LogP contribution in [-0.2, 0) is 4.74 Å². The van der Waals surface area contributed by atoms with Gasteiger partial charge in [0.25, 0.3) is 0 Å². The lowest BCUT2D eigenvalue weighted by Crippen LogP contribution is -2.18. The molecule has 0 radical (unpaired) electrons. The first-order valence-electron chi connectivity index (χ1n) is 7.00. The van der Waals surface area contributed by atoms with E-state index in [9.17, 15) is 0 Å². The largest absolute Gasteiger partial charge is 0.366 e. The Morgan fingerprint density at radius 3 is 2.59 bits per heavy atom. The molecule has 1 aliphatic heterocycles. The van der Waals surface area contributed by atoms with Gasteiger partial charge in [0.15, 0.2) is 0 Å². The second-order valence-electron chi connectivity index (χ2n) is 5.71. The Morgan fingerprint density at radius 2 is 2.00 bits per heavy atom. The van der Waals surface area contributed by atoms with Gasteiger partial charge in [-0.25, -0.2) is 0 Å². The molecule has 0 bridgehead atoms. The lowest BCUT2D eigenvalue weighted by atomic mass is 9.87. The minimum absolute atomic E-state index is 0.133. The Morgan fingerprint density at radius 1 is 1.29 bits per heavy atom. The molecular formula is C16H28O. The zero-order chi connectivity index (χ0) is 12.9. The molecule has 0 aliphatic carbocycles. The predicted octanol–water partition coefficient (Wildman–Crippen LogP) is 4.74. The first kappa shape index (κ1) is 14.5. The average molecular weight is 236 g/mol. The van der Waals surface area contributed by atoms with Crippen LogP contribution in [0.5, 0.6) is 0 Å². The summed E-state index contributed by atoms with van der Waals surface area (Å²) in [5, 5.41) is 0. The summed E-state index contributed by atoms with van der Waals surface area (Å²) in [5.74, 6) is 1.30. The summed E-state index contributed by atoms with van der Waals surface area (Å²) in [6.45, 7) is 11.2.